The minimum absolute atomic E-state index is 0.0643. The van der Waals surface area contributed by atoms with E-state index in [9.17, 15) is 14.4 Å². The Balaban J connectivity index is 4.23. The second-order valence-electron chi connectivity index (χ2n) is 21.7. The first-order chi connectivity index (χ1) is 34.5. The second-order valence-corrected chi connectivity index (χ2v) is 21.7. The van der Waals surface area contributed by atoms with Crippen LogP contribution in [-0.2, 0) is 28.6 Å². The number of carbonyl (C=O) groups excluding carboxylic acids is 3. The van der Waals surface area contributed by atoms with E-state index in [0.717, 1.165) is 57.8 Å². The second kappa shape index (κ2) is 59.7. The van der Waals surface area contributed by atoms with Crippen molar-refractivity contribution in [3.8, 4) is 0 Å². The number of hydrogen-bond donors (Lipinski definition) is 0. The van der Waals surface area contributed by atoms with E-state index in [-0.39, 0.29) is 31.1 Å². The maximum Gasteiger partial charge on any atom is 0.306 e. The summed E-state index contributed by atoms with van der Waals surface area (Å²) in [4.78, 5) is 38.2. The molecule has 0 fully saturated rings. The van der Waals surface area contributed by atoms with E-state index < -0.39 is 6.10 Å². The number of carbonyl (C=O) groups is 3. The summed E-state index contributed by atoms with van der Waals surface area (Å²) in [5.41, 5.74) is 0. The molecule has 0 amide bonds. The fourth-order valence-corrected chi connectivity index (χ4v) is 9.74. The lowest BCUT2D eigenvalue weighted by atomic mass is 10.0. The Bertz CT molecular complexity index is 1090. The summed E-state index contributed by atoms with van der Waals surface area (Å²) in [6.45, 7) is 6.70. The zero-order valence-electron chi connectivity index (χ0n) is 47.6. The number of hydrogen-bond acceptors (Lipinski definition) is 6. The molecule has 0 heterocycles. The molecule has 6 heteroatoms. The van der Waals surface area contributed by atoms with Crippen molar-refractivity contribution in [2.75, 3.05) is 13.2 Å². The Hall–Kier alpha value is -1.85. The van der Waals surface area contributed by atoms with Crippen molar-refractivity contribution < 1.29 is 28.6 Å². The normalized spacial score (nSPS) is 12.0. The van der Waals surface area contributed by atoms with Crippen LogP contribution in [0.4, 0.5) is 0 Å². The molecule has 0 aliphatic rings. The summed E-state index contributed by atoms with van der Waals surface area (Å²) >= 11 is 0. The molecule has 0 aliphatic carbocycles. The highest BCUT2D eigenvalue weighted by atomic mass is 16.6. The van der Waals surface area contributed by atoms with Gasteiger partial charge in [-0.1, -0.05) is 309 Å². The van der Waals surface area contributed by atoms with Crippen molar-refractivity contribution in [1.29, 1.82) is 0 Å². The van der Waals surface area contributed by atoms with Gasteiger partial charge in [0.05, 0.1) is 0 Å². The van der Waals surface area contributed by atoms with E-state index in [1.165, 1.54) is 263 Å². The van der Waals surface area contributed by atoms with Crippen LogP contribution in [0.25, 0.3) is 0 Å². The Kier molecular flexibility index (Phi) is 58.1. The number of rotatable bonds is 59. The fraction of sp³-hybridized carbons (Fsp3) is 0.922. The SMILES string of the molecule is CCCCCCCCCC/C=C\CCCCCCCCCCCC(=O)OCC(COC(=O)CCCCCCCCCCCCC)OC(=O)CCCCCCCCCCCCCCCCCCCCCC. The maximum absolute atomic E-state index is 12.9. The third kappa shape index (κ3) is 57.1. The van der Waals surface area contributed by atoms with Gasteiger partial charge in [0.25, 0.3) is 0 Å². The maximum atomic E-state index is 12.9. The van der Waals surface area contributed by atoms with Gasteiger partial charge in [-0.05, 0) is 44.9 Å². The first kappa shape index (κ1) is 68.2. The molecular formula is C64H122O6. The summed E-state index contributed by atoms with van der Waals surface area (Å²) in [7, 11) is 0. The average Bonchev–Trinajstić information content (AvgIpc) is 3.36. The highest BCUT2D eigenvalue weighted by molar-refractivity contribution is 5.71. The van der Waals surface area contributed by atoms with Gasteiger partial charge in [0.15, 0.2) is 6.10 Å². The van der Waals surface area contributed by atoms with Gasteiger partial charge in [-0.25, -0.2) is 0 Å². The Labute approximate surface area is 437 Å². The van der Waals surface area contributed by atoms with Crippen LogP contribution in [0.3, 0.4) is 0 Å². The Morgan fingerprint density at radius 1 is 0.271 bits per heavy atom. The van der Waals surface area contributed by atoms with Crippen molar-refractivity contribution in [2.24, 2.45) is 0 Å². The summed E-state index contributed by atoms with van der Waals surface area (Å²) in [5, 5.41) is 0. The lowest BCUT2D eigenvalue weighted by Gasteiger charge is -2.18. The Morgan fingerprint density at radius 2 is 0.471 bits per heavy atom. The highest BCUT2D eigenvalue weighted by Gasteiger charge is 2.19. The molecule has 0 aliphatic heterocycles. The summed E-state index contributed by atoms with van der Waals surface area (Å²) in [6.07, 6.45) is 69.3. The van der Waals surface area contributed by atoms with Gasteiger partial charge in [0.1, 0.15) is 13.2 Å². The van der Waals surface area contributed by atoms with Gasteiger partial charge in [-0.3, -0.25) is 14.4 Å². The lowest BCUT2D eigenvalue weighted by molar-refractivity contribution is -0.167. The van der Waals surface area contributed by atoms with Gasteiger partial charge >= 0.3 is 17.9 Å². The fourth-order valence-electron chi connectivity index (χ4n) is 9.74. The van der Waals surface area contributed by atoms with Crippen LogP contribution in [0.1, 0.15) is 361 Å². The minimum atomic E-state index is -0.765. The largest absolute Gasteiger partial charge is 0.462 e. The number of allylic oxidation sites excluding steroid dienone is 2. The van der Waals surface area contributed by atoms with Crippen LogP contribution in [-0.4, -0.2) is 37.2 Å². The van der Waals surface area contributed by atoms with Crippen LogP contribution in [0.5, 0.6) is 0 Å². The molecule has 6 nitrogen and oxygen atoms in total. The Morgan fingerprint density at radius 3 is 0.714 bits per heavy atom. The topological polar surface area (TPSA) is 78.9 Å². The van der Waals surface area contributed by atoms with Crippen molar-refractivity contribution >= 4 is 17.9 Å². The first-order valence-electron chi connectivity index (χ1n) is 31.7. The molecular weight excluding hydrogens is 865 g/mol. The van der Waals surface area contributed by atoms with Gasteiger partial charge in [-0.2, -0.15) is 0 Å². The molecule has 0 radical (unpaired) electrons. The molecule has 0 spiro atoms. The molecule has 0 aromatic heterocycles. The van der Waals surface area contributed by atoms with Crippen molar-refractivity contribution in [2.45, 2.75) is 367 Å². The summed E-state index contributed by atoms with van der Waals surface area (Å²) in [5.74, 6) is -0.838. The number of esters is 3. The van der Waals surface area contributed by atoms with E-state index in [4.69, 9.17) is 14.2 Å². The molecule has 0 N–H and O–H groups in total. The molecule has 0 aromatic rings. The third-order valence-corrected chi connectivity index (χ3v) is 14.5. The average molecular weight is 988 g/mol. The van der Waals surface area contributed by atoms with E-state index in [0.29, 0.717) is 19.3 Å². The van der Waals surface area contributed by atoms with E-state index >= 15 is 0 Å². The van der Waals surface area contributed by atoms with Crippen LogP contribution in [0.2, 0.25) is 0 Å². The molecule has 1 atom stereocenters. The predicted octanol–water partition coefficient (Wildman–Crippen LogP) is 21.3. The van der Waals surface area contributed by atoms with E-state index in [1.54, 1.807) is 0 Å². The minimum Gasteiger partial charge on any atom is -0.462 e. The smallest absolute Gasteiger partial charge is 0.306 e. The molecule has 0 saturated heterocycles. The predicted molar refractivity (Wildman–Crippen MR) is 303 cm³/mol. The number of unbranched alkanes of at least 4 members (excludes halogenated alkanes) is 46. The molecule has 70 heavy (non-hydrogen) atoms. The highest BCUT2D eigenvalue weighted by Crippen LogP contribution is 2.18. The summed E-state index contributed by atoms with van der Waals surface area (Å²) in [6, 6.07) is 0. The van der Waals surface area contributed by atoms with Gasteiger partial charge < -0.3 is 14.2 Å². The van der Waals surface area contributed by atoms with Crippen LogP contribution in [0, 0.1) is 0 Å². The standard InChI is InChI=1S/C64H122O6/c1-4-7-10-13-16-19-22-24-26-28-30-32-34-35-37-39-42-45-48-51-54-57-63(66)69-60-61(59-68-62(65)56-53-50-47-44-41-21-18-15-12-9-6-3)70-64(67)58-55-52-49-46-43-40-38-36-33-31-29-27-25-23-20-17-14-11-8-5-2/h28,30,61H,4-27,29,31-60H2,1-3H3/b30-28-. The van der Waals surface area contributed by atoms with Gasteiger partial charge in [0, 0.05) is 19.3 Å². The zero-order valence-corrected chi connectivity index (χ0v) is 47.6. The van der Waals surface area contributed by atoms with Crippen LogP contribution in [0.15, 0.2) is 12.2 Å². The van der Waals surface area contributed by atoms with E-state index in [1.807, 2.05) is 0 Å². The lowest BCUT2D eigenvalue weighted by Crippen LogP contribution is -2.30. The summed E-state index contributed by atoms with van der Waals surface area (Å²) < 4.78 is 16.9. The van der Waals surface area contributed by atoms with Crippen molar-refractivity contribution in [3.63, 3.8) is 0 Å². The van der Waals surface area contributed by atoms with Gasteiger partial charge in [-0.15, -0.1) is 0 Å². The quantitative estimate of drug-likeness (QED) is 0.0261. The monoisotopic (exact) mass is 987 g/mol. The zero-order chi connectivity index (χ0) is 50.7. The molecule has 1 unspecified atom stereocenters. The molecule has 0 bridgehead atoms. The first-order valence-corrected chi connectivity index (χ1v) is 31.7. The molecule has 414 valence electrons. The van der Waals surface area contributed by atoms with Crippen LogP contribution < -0.4 is 0 Å². The third-order valence-electron chi connectivity index (χ3n) is 14.5. The molecule has 0 aromatic carbocycles. The van der Waals surface area contributed by atoms with Crippen LogP contribution >= 0.6 is 0 Å². The van der Waals surface area contributed by atoms with Gasteiger partial charge in [0.2, 0.25) is 0 Å². The molecule has 0 saturated carbocycles. The molecule has 0 rings (SSSR count). The van der Waals surface area contributed by atoms with Crippen molar-refractivity contribution in [1.82, 2.24) is 0 Å². The number of ether oxygens (including phenoxy) is 3. The van der Waals surface area contributed by atoms with Crippen molar-refractivity contribution in [3.05, 3.63) is 12.2 Å². The van der Waals surface area contributed by atoms with E-state index in [2.05, 4.69) is 32.9 Å².